The molecule has 34 heteroatoms. The smallest absolute Gasteiger partial charge is 0.297 e. The predicted molar refractivity (Wildman–Crippen MR) is 233 cm³/mol. The monoisotopic (exact) mass is 1030 g/mol. The molecule has 0 aliphatic rings. The summed E-state index contributed by atoms with van der Waals surface area (Å²) in [5.41, 5.74) is -0.653. The van der Waals surface area contributed by atoms with Crippen molar-refractivity contribution in [2.45, 2.75) is 14.7 Å². The van der Waals surface area contributed by atoms with Crippen LogP contribution in [0.5, 0.6) is 23.1 Å². The number of nitro groups is 2. The number of rotatable bonds is 19. The lowest BCUT2D eigenvalue weighted by Crippen LogP contribution is -2.12. The van der Waals surface area contributed by atoms with Gasteiger partial charge in [-0.25, -0.2) is 0 Å². The molecule has 0 spiro atoms. The molecule has 1 aromatic heterocycles. The fourth-order valence-corrected chi connectivity index (χ4v) is 7.91. The summed E-state index contributed by atoms with van der Waals surface area (Å²) in [5, 5.41) is 90.1. The van der Waals surface area contributed by atoms with E-state index in [4.69, 9.17) is 15.2 Å². The lowest BCUT2D eigenvalue weighted by Gasteiger charge is -2.13. The Balaban J connectivity index is 1.44. The first kappa shape index (κ1) is 50.9. The van der Waals surface area contributed by atoms with Gasteiger partial charge in [0.2, 0.25) is 5.88 Å². The number of hydrogen-bond acceptors (Lipinski definition) is 24. The van der Waals surface area contributed by atoms with Gasteiger partial charge < -0.3 is 35.6 Å². The maximum Gasteiger partial charge on any atom is 0.297 e. The highest BCUT2D eigenvalue weighted by atomic mass is 32.2. The molecule has 6 aromatic rings. The van der Waals surface area contributed by atoms with Gasteiger partial charge in [0, 0.05) is 41.8 Å². The van der Waals surface area contributed by atoms with Crippen LogP contribution in [0.4, 0.5) is 45.5 Å². The van der Waals surface area contributed by atoms with Crippen LogP contribution < -0.4 is 15.2 Å². The first-order chi connectivity index (χ1) is 32.8. The number of ether oxygens (including phenoxy) is 2. The third-order valence-electron chi connectivity index (χ3n) is 9.01. The van der Waals surface area contributed by atoms with E-state index in [2.05, 4.69) is 35.8 Å². The molecule has 0 atom stereocenters. The van der Waals surface area contributed by atoms with Crippen LogP contribution in [0.25, 0.3) is 16.5 Å². The van der Waals surface area contributed by atoms with E-state index in [0.717, 1.165) is 60.7 Å². The molecule has 0 fully saturated rings. The topological polar surface area (TPSA) is 484 Å². The lowest BCUT2D eigenvalue weighted by molar-refractivity contribution is -0.385. The second-order valence-corrected chi connectivity index (χ2v) is 17.7. The third-order valence-corrected chi connectivity index (χ3v) is 11.6. The number of non-ortho nitro benzene ring substituents is 2. The van der Waals surface area contributed by atoms with Gasteiger partial charge in [-0.3, -0.25) is 38.7 Å². The summed E-state index contributed by atoms with van der Waals surface area (Å²) >= 11 is 0. The van der Waals surface area contributed by atoms with Crippen LogP contribution in [0.1, 0.15) is 10.5 Å². The van der Waals surface area contributed by atoms with Crippen molar-refractivity contribution in [2.75, 3.05) is 26.4 Å². The summed E-state index contributed by atoms with van der Waals surface area (Å²) < 4.78 is 115. The van der Waals surface area contributed by atoms with Gasteiger partial charge in [0.1, 0.15) is 67.8 Å². The second-order valence-electron chi connectivity index (χ2n) is 13.5. The number of hydrogen-bond donors (Lipinski definition) is 8. The molecule has 0 radical (unpaired) electrons. The number of azo groups is 3. The summed E-state index contributed by atoms with van der Waals surface area (Å²) in [5.74, 6) is -3.88. The molecule has 6 rings (SSSR count). The van der Waals surface area contributed by atoms with Crippen LogP contribution in [0.15, 0.2) is 118 Å². The maximum absolute atomic E-state index is 12.8. The first-order valence-corrected chi connectivity index (χ1v) is 23.0. The molecule has 0 aliphatic heterocycles. The Hall–Kier alpha value is -8.51. The van der Waals surface area contributed by atoms with Gasteiger partial charge in [0.15, 0.2) is 17.1 Å². The number of nitrogens with two attached hydrogens (primary N) is 1. The van der Waals surface area contributed by atoms with Crippen molar-refractivity contribution in [3.05, 3.63) is 98.7 Å². The minimum Gasteiger partial charge on any atom is -0.505 e. The number of benzene rings is 5. The fraction of sp³-hybridized carbons (Fsp3) is 0.111. The number of aromatic hydroxyl groups is 2. The number of fused-ring (bicyclic) bond motifs is 1. The van der Waals surface area contributed by atoms with E-state index in [1.165, 1.54) is 0 Å². The molecule has 5 aromatic carbocycles. The number of nitrogens with zero attached hydrogens (tertiary/aromatic N) is 10. The Morgan fingerprint density at radius 1 is 0.629 bits per heavy atom. The molecule has 0 unspecified atom stereocenters. The molecular weight excluding hydrogens is 1000 g/mol. The molecular formula is C36H29N11O20S3. The second kappa shape index (κ2) is 20.0. The average molecular weight is 1030 g/mol. The molecule has 0 saturated heterocycles. The zero-order valence-corrected chi connectivity index (χ0v) is 36.9. The van der Waals surface area contributed by atoms with E-state index in [9.17, 15) is 84.4 Å². The zero-order valence-electron chi connectivity index (χ0n) is 34.5. The van der Waals surface area contributed by atoms with E-state index in [-0.39, 0.29) is 39.3 Å². The number of primary amides is 1. The quantitative estimate of drug-likeness (QED) is 0.0227. The van der Waals surface area contributed by atoms with Gasteiger partial charge in [0.25, 0.3) is 47.6 Å². The number of amides is 1. The number of phenols is 1. The summed E-state index contributed by atoms with van der Waals surface area (Å²) in [6, 6.07) is 10.5. The molecule has 9 N–H and O–H groups in total. The number of nitro benzene ring substituents is 2. The van der Waals surface area contributed by atoms with Gasteiger partial charge >= 0.3 is 0 Å². The number of carbonyl (C=O) groups is 1. The third kappa shape index (κ3) is 11.1. The van der Waals surface area contributed by atoms with Crippen LogP contribution in [0, 0.1) is 20.2 Å². The van der Waals surface area contributed by atoms with Crippen molar-refractivity contribution in [1.82, 2.24) is 9.78 Å². The maximum atomic E-state index is 12.8. The number of carbonyl (C=O) groups excluding carboxylic acids is 1. The van der Waals surface area contributed by atoms with E-state index in [1.807, 2.05) is 0 Å². The van der Waals surface area contributed by atoms with Gasteiger partial charge in [-0.05, 0) is 41.8 Å². The number of aliphatic hydroxyl groups is 2. The molecule has 70 heavy (non-hydrogen) atoms. The van der Waals surface area contributed by atoms with Crippen LogP contribution in [-0.2, 0) is 30.4 Å². The SMILES string of the molecule is NC(=O)c1nn(-c2ccc3c(O)c(N=Nc4cc(OCCO)c(N=Nc5ccc([N+](=O)[O-])cc5S(=O)(=O)O)cc4OCCO)c(S(=O)(=O)O)cc3c2)c(O)c1N=Nc1ccc([N+](=O)[O-])cc1S(=O)(=O)O. The Morgan fingerprint density at radius 2 is 1.09 bits per heavy atom. The number of phenolic OH excluding ortho intramolecular Hbond substituents is 1. The highest BCUT2D eigenvalue weighted by Gasteiger charge is 2.27. The molecule has 0 saturated carbocycles. The fourth-order valence-electron chi connectivity index (χ4n) is 5.97. The highest BCUT2D eigenvalue weighted by Crippen LogP contribution is 2.46. The Kier molecular flexibility index (Phi) is 14.5. The van der Waals surface area contributed by atoms with E-state index in [0.29, 0.717) is 16.8 Å². The predicted octanol–water partition coefficient (Wildman–Crippen LogP) is 5.08. The van der Waals surface area contributed by atoms with E-state index in [1.54, 1.807) is 0 Å². The molecule has 0 bridgehead atoms. The number of aliphatic hydroxyl groups excluding tert-OH is 2. The van der Waals surface area contributed by atoms with Crippen molar-refractivity contribution < 1.29 is 83.5 Å². The molecule has 1 amide bonds. The summed E-state index contributed by atoms with van der Waals surface area (Å²) in [6.07, 6.45) is 0. The van der Waals surface area contributed by atoms with E-state index >= 15 is 0 Å². The summed E-state index contributed by atoms with van der Waals surface area (Å²) in [6.45, 7) is -2.03. The summed E-state index contributed by atoms with van der Waals surface area (Å²) in [4.78, 5) is 29.7. The minimum absolute atomic E-state index is 0.197. The Morgan fingerprint density at radius 3 is 1.54 bits per heavy atom. The van der Waals surface area contributed by atoms with Gasteiger partial charge in [0.05, 0.1) is 28.7 Å². The van der Waals surface area contributed by atoms with Crippen molar-refractivity contribution in [3.8, 4) is 28.8 Å². The minimum atomic E-state index is -5.33. The standard InChI is InChI=1S/C36H29N11O20S3/c37-35(51)32-33(43-39-23-6-3-20(47(55)56)14-29(23)69(60,61)62)36(52)45(44-32)18-1-4-21-17(11-18)12-30(70(63,64)65)31(34(21)50)42-41-25-16-26(66-9-7-48)24(15-27(25)67-10-8-49)40-38-22-5-2-19(46(53)54)13-28(22)68(57,58)59/h1-6,11-16,48-50,52H,7-10H2,(H2,37,51)(H,57,58,59)(H,60,61,62)(H,63,64,65). The van der Waals surface area contributed by atoms with Crippen molar-refractivity contribution in [2.24, 2.45) is 36.4 Å². The number of aromatic nitrogens is 2. The van der Waals surface area contributed by atoms with Crippen molar-refractivity contribution in [3.63, 3.8) is 0 Å². The van der Waals surface area contributed by atoms with Crippen LogP contribution in [0.2, 0.25) is 0 Å². The normalized spacial score (nSPS) is 12.4. The molecule has 31 nitrogen and oxygen atoms in total. The van der Waals surface area contributed by atoms with Crippen LogP contribution >= 0.6 is 0 Å². The largest absolute Gasteiger partial charge is 0.505 e. The van der Waals surface area contributed by atoms with Gasteiger partial charge in [-0.2, -0.15) is 35.0 Å². The molecule has 0 aliphatic carbocycles. The first-order valence-electron chi connectivity index (χ1n) is 18.7. The van der Waals surface area contributed by atoms with Crippen molar-refractivity contribution >= 4 is 92.5 Å². The Labute approximate surface area is 389 Å². The zero-order chi connectivity index (χ0) is 51.5. The lowest BCUT2D eigenvalue weighted by atomic mass is 10.1. The highest BCUT2D eigenvalue weighted by molar-refractivity contribution is 7.86. The molecule has 366 valence electrons. The Bertz CT molecular complexity index is 3580. The van der Waals surface area contributed by atoms with Crippen LogP contribution in [0.3, 0.4) is 0 Å². The summed E-state index contributed by atoms with van der Waals surface area (Å²) in [7, 11) is -15.6. The van der Waals surface area contributed by atoms with Gasteiger partial charge in [-0.1, -0.05) is 0 Å². The molecule has 1 heterocycles. The average Bonchev–Trinajstić information content (AvgIpc) is 3.63. The van der Waals surface area contributed by atoms with Crippen LogP contribution in [-0.4, -0.2) is 111 Å². The van der Waals surface area contributed by atoms with Gasteiger partial charge in [-0.15, -0.1) is 30.7 Å². The van der Waals surface area contributed by atoms with E-state index < -0.39 is 139 Å². The van der Waals surface area contributed by atoms with Crippen molar-refractivity contribution in [1.29, 1.82) is 0 Å².